The number of ether oxygens (including phenoxy) is 2. The Labute approximate surface area is 290 Å². The molecule has 2 aliphatic heterocycles. The molecule has 2 aromatic carbocycles. The number of carbonyl (C=O) groups excluding carboxylic acids is 2. The van der Waals surface area contributed by atoms with Gasteiger partial charge in [0.15, 0.2) is 0 Å². The van der Waals surface area contributed by atoms with E-state index >= 15 is 0 Å². The number of hydrogen-bond donors (Lipinski definition) is 1. The smallest absolute Gasteiger partial charge is 0.308 e. The van der Waals surface area contributed by atoms with Crippen LogP contribution in [0.1, 0.15) is 80.8 Å². The van der Waals surface area contributed by atoms with Gasteiger partial charge in [0, 0.05) is 41.6 Å². The third kappa shape index (κ3) is 7.61. The summed E-state index contributed by atoms with van der Waals surface area (Å²) in [5.74, 6) is 5.50. The fraction of sp³-hybridized carbons (Fsp3) is 0.526. The molecule has 2 bridgehead atoms. The molecule has 0 aromatic heterocycles. The summed E-state index contributed by atoms with van der Waals surface area (Å²) in [5.41, 5.74) is 2.99. The van der Waals surface area contributed by atoms with Crippen LogP contribution in [0.2, 0.25) is 5.02 Å². The van der Waals surface area contributed by atoms with E-state index in [0.717, 1.165) is 55.9 Å². The summed E-state index contributed by atoms with van der Waals surface area (Å²) in [6.07, 6.45) is 10.4. The molecule has 2 amide bonds. The number of nitrogens with one attached hydrogen (secondary N) is 1. The zero-order chi connectivity index (χ0) is 34.1. The summed E-state index contributed by atoms with van der Waals surface area (Å²) < 4.78 is 33.4. The number of halogens is 1. The molecular formula is C38H46ClN3O5S. The van der Waals surface area contributed by atoms with E-state index in [2.05, 4.69) is 50.1 Å². The van der Waals surface area contributed by atoms with Crippen LogP contribution >= 0.6 is 11.6 Å². The first-order valence-corrected chi connectivity index (χ1v) is 19.1. The highest BCUT2D eigenvalue weighted by Crippen LogP contribution is 2.47. The van der Waals surface area contributed by atoms with E-state index in [0.29, 0.717) is 42.6 Å². The van der Waals surface area contributed by atoms with Crippen molar-refractivity contribution in [1.29, 1.82) is 0 Å². The van der Waals surface area contributed by atoms with Crippen LogP contribution in [0.15, 0.2) is 52.9 Å². The quantitative estimate of drug-likeness (QED) is 0.272. The molecule has 2 aliphatic carbocycles. The topological polar surface area (TPSA) is 97.3 Å². The summed E-state index contributed by atoms with van der Waals surface area (Å²) in [4.78, 5) is 28.9. The first-order valence-electron chi connectivity index (χ1n) is 17.0. The number of rotatable bonds is 2. The van der Waals surface area contributed by atoms with Crippen molar-refractivity contribution in [3.8, 4) is 17.6 Å². The molecule has 256 valence electrons. The summed E-state index contributed by atoms with van der Waals surface area (Å²) in [7, 11) is -1.70. The molecular weight excluding hydrogens is 646 g/mol. The molecule has 4 aliphatic rings. The Bertz CT molecular complexity index is 1800. The van der Waals surface area contributed by atoms with Crippen molar-refractivity contribution < 1.29 is 23.3 Å². The van der Waals surface area contributed by atoms with Crippen LogP contribution in [-0.4, -0.2) is 54.7 Å². The largest absolute Gasteiger partial charge is 0.490 e. The highest BCUT2D eigenvalue weighted by atomic mass is 35.5. The second-order valence-corrected chi connectivity index (χ2v) is 17.2. The highest BCUT2D eigenvalue weighted by molar-refractivity contribution is 7.92. The predicted molar refractivity (Wildman–Crippen MR) is 191 cm³/mol. The number of fused-ring (bicyclic) bond motifs is 4. The molecule has 5 atom stereocenters. The number of anilines is 1. The zero-order valence-corrected chi connectivity index (χ0v) is 29.9. The average Bonchev–Trinajstić information content (AvgIpc) is 3.17. The number of allylic oxidation sites excluding steroid dienone is 1. The van der Waals surface area contributed by atoms with Gasteiger partial charge in [0.05, 0.1) is 24.2 Å². The summed E-state index contributed by atoms with van der Waals surface area (Å²) in [6, 6.07) is 11.5. The Kier molecular flexibility index (Phi) is 10.00. The Morgan fingerprint density at radius 1 is 1.19 bits per heavy atom. The van der Waals surface area contributed by atoms with E-state index in [1.165, 1.54) is 11.1 Å². The molecule has 0 saturated heterocycles. The predicted octanol–water partition coefficient (Wildman–Crippen LogP) is 6.89. The van der Waals surface area contributed by atoms with Crippen LogP contribution in [-0.2, 0) is 31.3 Å². The standard InChI is InChI=1S/C38H46ClN3O5S/c1-37(2,3)19-17-35(43)40-48(45)20-7-5-6-10-33(46-4)30-14-11-28(30)23-42-24-38(18-8-9-26-21-29(39)13-15-31(26)38)25-47-34-16-12-27(22-32(34)42)36(44)41-48/h6,10,12-13,15-16,21-22,28,30,33H,5,7-9,11,14,18,20,23-25H2,1-4H3,(H,40,41,43,44,45)/b10-6-/t28-,30+,33-,38-,48?/m0/s1. The maximum Gasteiger partial charge on any atom is 0.308 e. The Morgan fingerprint density at radius 3 is 2.77 bits per heavy atom. The number of benzene rings is 2. The lowest BCUT2D eigenvalue weighted by atomic mass is 9.68. The molecule has 1 fully saturated rings. The highest BCUT2D eigenvalue weighted by Gasteiger charge is 2.44. The molecule has 1 saturated carbocycles. The SMILES string of the molecule is CO[C@H]1/C=C\CCCS(=O)(NC(=O)C#CC(C)(C)C)=NC(=O)c2ccc3c(c2)N(C[C@@H]2CC[C@H]21)C[C@@]1(CCCc2cc(Cl)ccc21)CO3. The summed E-state index contributed by atoms with van der Waals surface area (Å²) >= 11 is 6.44. The van der Waals surface area contributed by atoms with Gasteiger partial charge in [-0.2, -0.15) is 0 Å². The second-order valence-electron chi connectivity index (χ2n) is 14.7. The number of nitrogens with zero attached hydrogens (tertiary/aromatic N) is 2. The number of methoxy groups -OCH3 is 1. The van der Waals surface area contributed by atoms with E-state index in [9.17, 15) is 13.8 Å². The molecule has 2 heterocycles. The third-order valence-electron chi connectivity index (χ3n) is 10.1. The maximum atomic E-state index is 14.1. The number of aryl methyl sites for hydroxylation is 1. The van der Waals surface area contributed by atoms with Crippen molar-refractivity contribution in [2.75, 3.05) is 37.5 Å². The molecule has 0 radical (unpaired) electrons. The van der Waals surface area contributed by atoms with Crippen molar-refractivity contribution in [3.05, 3.63) is 70.3 Å². The minimum atomic E-state index is -3.46. The van der Waals surface area contributed by atoms with Crippen LogP contribution in [0.5, 0.6) is 5.75 Å². The minimum Gasteiger partial charge on any atom is -0.490 e. The van der Waals surface area contributed by atoms with Gasteiger partial charge in [-0.1, -0.05) is 35.7 Å². The Balaban J connectivity index is 1.41. The third-order valence-corrected chi connectivity index (χ3v) is 12.1. The molecule has 10 heteroatoms. The van der Waals surface area contributed by atoms with Gasteiger partial charge in [-0.15, -0.1) is 4.36 Å². The first kappa shape index (κ1) is 34.5. The minimum absolute atomic E-state index is 0.0157. The van der Waals surface area contributed by atoms with Gasteiger partial charge in [-0.05, 0) is 125 Å². The molecule has 1 N–H and O–H groups in total. The lowest BCUT2D eigenvalue weighted by molar-refractivity contribution is -0.114. The number of amides is 2. The fourth-order valence-electron chi connectivity index (χ4n) is 7.53. The Hall–Kier alpha value is -3.32. The van der Waals surface area contributed by atoms with E-state index in [4.69, 9.17) is 21.1 Å². The van der Waals surface area contributed by atoms with E-state index in [1.54, 1.807) is 13.2 Å². The van der Waals surface area contributed by atoms with Crippen LogP contribution in [0.25, 0.3) is 0 Å². The van der Waals surface area contributed by atoms with Crippen molar-refractivity contribution in [3.63, 3.8) is 0 Å². The molecule has 8 nitrogen and oxygen atoms in total. The normalized spacial score (nSPS) is 29.4. The van der Waals surface area contributed by atoms with Gasteiger partial charge < -0.3 is 14.4 Å². The molecule has 2 aromatic rings. The van der Waals surface area contributed by atoms with Crippen LogP contribution in [0, 0.1) is 29.1 Å². The van der Waals surface area contributed by atoms with Gasteiger partial charge >= 0.3 is 5.91 Å². The summed E-state index contributed by atoms with van der Waals surface area (Å²) in [5, 5.41) is 0.741. The first-order chi connectivity index (χ1) is 22.9. The van der Waals surface area contributed by atoms with Crippen molar-refractivity contribution >= 4 is 39.0 Å². The lowest BCUT2D eigenvalue weighted by Crippen LogP contribution is -2.49. The average molecular weight is 692 g/mol. The van der Waals surface area contributed by atoms with Crippen LogP contribution < -0.4 is 14.4 Å². The maximum absolute atomic E-state index is 14.1. The van der Waals surface area contributed by atoms with Crippen molar-refractivity contribution in [2.45, 2.75) is 77.2 Å². The zero-order valence-electron chi connectivity index (χ0n) is 28.4. The fourth-order valence-corrected chi connectivity index (χ4v) is 9.23. The summed E-state index contributed by atoms with van der Waals surface area (Å²) in [6.45, 7) is 7.67. The van der Waals surface area contributed by atoms with Crippen LogP contribution in [0.3, 0.4) is 0 Å². The van der Waals surface area contributed by atoms with Gasteiger partial charge in [0.1, 0.15) is 15.7 Å². The molecule has 6 rings (SSSR count). The molecule has 1 spiro atoms. The second kappa shape index (κ2) is 13.9. The van der Waals surface area contributed by atoms with E-state index in [-0.39, 0.29) is 17.3 Å². The monoisotopic (exact) mass is 691 g/mol. The van der Waals surface area contributed by atoms with E-state index < -0.39 is 27.1 Å². The van der Waals surface area contributed by atoms with Gasteiger partial charge in [0.25, 0.3) is 5.91 Å². The van der Waals surface area contributed by atoms with Crippen molar-refractivity contribution in [1.82, 2.24) is 4.72 Å². The van der Waals surface area contributed by atoms with Gasteiger partial charge in [0.2, 0.25) is 0 Å². The molecule has 48 heavy (non-hydrogen) atoms. The van der Waals surface area contributed by atoms with E-state index in [1.807, 2.05) is 39.0 Å². The van der Waals surface area contributed by atoms with Crippen LogP contribution in [0.4, 0.5) is 5.69 Å². The molecule has 1 unspecified atom stereocenters. The number of hydrogen-bond acceptors (Lipinski definition) is 6. The number of carbonyl (C=O) groups is 2. The van der Waals surface area contributed by atoms with Crippen molar-refractivity contribution in [2.24, 2.45) is 21.6 Å². The van der Waals surface area contributed by atoms with Gasteiger partial charge in [-0.3, -0.25) is 14.3 Å². The lowest BCUT2D eigenvalue weighted by Gasteiger charge is -2.46. The van der Waals surface area contributed by atoms with Gasteiger partial charge in [-0.25, -0.2) is 4.21 Å². The Morgan fingerprint density at radius 2 is 2.02 bits per heavy atom.